The first-order valence-corrected chi connectivity index (χ1v) is 6.75. The molecule has 1 aromatic heterocycles. The quantitative estimate of drug-likeness (QED) is 0.844. The van der Waals surface area contributed by atoms with Crippen LogP contribution in [0.3, 0.4) is 0 Å². The predicted molar refractivity (Wildman–Crippen MR) is 72.4 cm³/mol. The van der Waals surface area contributed by atoms with Crippen molar-refractivity contribution in [2.75, 3.05) is 13.2 Å². The number of hydrogen-bond acceptors (Lipinski definition) is 5. The van der Waals surface area contributed by atoms with Gasteiger partial charge in [-0.1, -0.05) is 20.8 Å². The van der Waals surface area contributed by atoms with Gasteiger partial charge < -0.3 is 10.1 Å². The van der Waals surface area contributed by atoms with Crippen LogP contribution in [-0.4, -0.2) is 35.2 Å². The Morgan fingerprint density at radius 2 is 2.20 bits per heavy atom. The maximum Gasteiger partial charge on any atom is 0.358 e. The van der Waals surface area contributed by atoms with Crippen molar-refractivity contribution in [3.8, 4) is 0 Å². The highest BCUT2D eigenvalue weighted by molar-refractivity contribution is 5.98. The molecule has 6 heteroatoms. The van der Waals surface area contributed by atoms with Gasteiger partial charge in [-0.2, -0.15) is 5.10 Å². The molecule has 0 radical (unpaired) electrons. The topological polar surface area (TPSA) is 81.2 Å². The molecule has 1 amide bonds. The van der Waals surface area contributed by atoms with Crippen molar-refractivity contribution in [2.24, 2.45) is 5.41 Å². The third-order valence-electron chi connectivity index (χ3n) is 3.13. The highest BCUT2D eigenvalue weighted by Crippen LogP contribution is 2.25. The Kier molecular flexibility index (Phi) is 4.01. The molecular formula is C14H19N3O3. The second kappa shape index (κ2) is 5.56. The summed E-state index contributed by atoms with van der Waals surface area (Å²) in [6, 6.07) is 1.47. The molecule has 0 unspecified atom stereocenters. The molecule has 0 fully saturated rings. The number of fused-ring (bicyclic) bond motifs is 1. The van der Waals surface area contributed by atoms with Gasteiger partial charge in [0.2, 0.25) is 0 Å². The summed E-state index contributed by atoms with van der Waals surface area (Å²) in [6.45, 7) is 6.90. The van der Waals surface area contributed by atoms with Crippen molar-refractivity contribution >= 4 is 11.9 Å². The van der Waals surface area contributed by atoms with Gasteiger partial charge in [0.25, 0.3) is 5.91 Å². The summed E-state index contributed by atoms with van der Waals surface area (Å²) < 4.78 is 5.00. The lowest BCUT2D eigenvalue weighted by atomic mass is 9.88. The van der Waals surface area contributed by atoms with E-state index in [0.717, 1.165) is 6.42 Å². The molecule has 108 valence electrons. The Bertz CT molecular complexity index is 540. The van der Waals surface area contributed by atoms with E-state index in [4.69, 9.17) is 4.74 Å². The van der Waals surface area contributed by atoms with Crippen LogP contribution in [0, 0.1) is 5.41 Å². The Balaban J connectivity index is 2.30. The maximum absolute atomic E-state index is 12.1. The average Bonchev–Trinajstić information content (AvgIpc) is 2.52. The number of carbonyl (C=O) groups is 2. The molecular weight excluding hydrogens is 258 g/mol. The van der Waals surface area contributed by atoms with Crippen LogP contribution < -0.4 is 5.32 Å². The minimum Gasteiger partial charge on any atom is -0.461 e. The molecule has 2 rings (SSSR count). The molecule has 0 aliphatic carbocycles. The molecule has 20 heavy (non-hydrogen) atoms. The van der Waals surface area contributed by atoms with E-state index < -0.39 is 5.97 Å². The van der Waals surface area contributed by atoms with Crippen molar-refractivity contribution in [1.29, 1.82) is 0 Å². The monoisotopic (exact) mass is 277 g/mol. The van der Waals surface area contributed by atoms with Crippen molar-refractivity contribution in [3.63, 3.8) is 0 Å². The lowest BCUT2D eigenvalue weighted by Gasteiger charge is -2.21. The smallest absolute Gasteiger partial charge is 0.358 e. The fourth-order valence-electron chi connectivity index (χ4n) is 2.04. The van der Waals surface area contributed by atoms with Gasteiger partial charge in [0.1, 0.15) is 0 Å². The van der Waals surface area contributed by atoms with E-state index in [1.165, 1.54) is 6.07 Å². The second-order valence-corrected chi connectivity index (χ2v) is 5.75. The third-order valence-corrected chi connectivity index (χ3v) is 3.13. The van der Waals surface area contributed by atoms with E-state index in [1.807, 2.05) is 20.8 Å². The zero-order valence-electron chi connectivity index (χ0n) is 12.0. The number of rotatable bonds is 3. The van der Waals surface area contributed by atoms with E-state index in [1.54, 1.807) is 0 Å². The zero-order valence-corrected chi connectivity index (χ0v) is 12.0. The highest BCUT2D eigenvalue weighted by Gasteiger charge is 2.29. The number of nitrogens with one attached hydrogen (secondary N) is 1. The van der Waals surface area contributed by atoms with E-state index in [2.05, 4.69) is 15.5 Å². The molecule has 0 saturated carbocycles. The van der Waals surface area contributed by atoms with Gasteiger partial charge in [0, 0.05) is 6.54 Å². The SMILES string of the molecule is CCCOC(=O)c1cc2c(nn1)CC(C)(C)CNC2=O. The van der Waals surface area contributed by atoms with Gasteiger partial charge >= 0.3 is 5.97 Å². The molecule has 0 atom stereocenters. The summed E-state index contributed by atoms with van der Waals surface area (Å²) >= 11 is 0. The number of amides is 1. The van der Waals surface area contributed by atoms with Gasteiger partial charge in [-0.05, 0) is 24.3 Å². The number of carbonyl (C=O) groups excluding carboxylic acids is 2. The van der Waals surface area contributed by atoms with Crippen molar-refractivity contribution in [1.82, 2.24) is 15.5 Å². The molecule has 0 bridgehead atoms. The molecule has 6 nitrogen and oxygen atoms in total. The van der Waals surface area contributed by atoms with Gasteiger partial charge in [0.15, 0.2) is 5.69 Å². The standard InChI is InChI=1S/C14H19N3O3/c1-4-5-20-13(19)10-6-9-11(17-16-10)7-14(2,3)8-15-12(9)18/h6H,4-5,7-8H2,1-3H3,(H,15,18). The minimum atomic E-state index is -0.543. The van der Waals surface area contributed by atoms with E-state index in [-0.39, 0.29) is 17.0 Å². The third kappa shape index (κ3) is 3.12. The Hall–Kier alpha value is -1.98. The Labute approximate surface area is 117 Å². The number of nitrogens with zero attached hydrogens (tertiary/aromatic N) is 2. The summed E-state index contributed by atoms with van der Waals surface area (Å²) in [4.78, 5) is 23.8. The van der Waals surface area contributed by atoms with Gasteiger partial charge in [-0.15, -0.1) is 5.10 Å². The molecule has 1 aromatic rings. The Morgan fingerprint density at radius 1 is 1.45 bits per heavy atom. The lowest BCUT2D eigenvalue weighted by Crippen LogP contribution is -2.31. The van der Waals surface area contributed by atoms with Crippen LogP contribution in [0.5, 0.6) is 0 Å². The second-order valence-electron chi connectivity index (χ2n) is 5.75. The molecule has 1 aliphatic heterocycles. The molecule has 0 saturated heterocycles. The lowest BCUT2D eigenvalue weighted by molar-refractivity contribution is 0.0496. The molecule has 0 spiro atoms. The van der Waals surface area contributed by atoms with Crippen molar-refractivity contribution in [2.45, 2.75) is 33.6 Å². The summed E-state index contributed by atoms with van der Waals surface area (Å²) in [5, 5.41) is 10.8. The summed E-state index contributed by atoms with van der Waals surface area (Å²) in [5.41, 5.74) is 1.03. The first-order valence-electron chi connectivity index (χ1n) is 6.75. The molecule has 1 N–H and O–H groups in total. The van der Waals surface area contributed by atoms with E-state index >= 15 is 0 Å². The van der Waals surface area contributed by atoms with Crippen LogP contribution in [0.2, 0.25) is 0 Å². The van der Waals surface area contributed by atoms with Crippen LogP contribution in [0.25, 0.3) is 0 Å². The zero-order chi connectivity index (χ0) is 14.8. The van der Waals surface area contributed by atoms with Gasteiger partial charge in [0.05, 0.1) is 17.9 Å². The molecule has 0 aromatic carbocycles. The van der Waals surface area contributed by atoms with Crippen LogP contribution >= 0.6 is 0 Å². The van der Waals surface area contributed by atoms with Crippen molar-refractivity contribution in [3.05, 3.63) is 23.0 Å². The number of hydrogen-bond donors (Lipinski definition) is 1. The number of aromatic nitrogens is 2. The normalized spacial score (nSPS) is 16.9. The summed E-state index contributed by atoms with van der Waals surface area (Å²) in [5.74, 6) is -0.761. The van der Waals surface area contributed by atoms with Crippen LogP contribution in [-0.2, 0) is 11.2 Å². The fraction of sp³-hybridized carbons (Fsp3) is 0.571. The van der Waals surface area contributed by atoms with Gasteiger partial charge in [-0.25, -0.2) is 4.79 Å². The number of ether oxygens (including phenoxy) is 1. The van der Waals surface area contributed by atoms with E-state index in [9.17, 15) is 9.59 Å². The average molecular weight is 277 g/mol. The summed E-state index contributed by atoms with van der Waals surface area (Å²) in [6.07, 6.45) is 1.37. The van der Waals surface area contributed by atoms with Crippen LogP contribution in [0.1, 0.15) is 53.7 Å². The largest absolute Gasteiger partial charge is 0.461 e. The van der Waals surface area contributed by atoms with Crippen LogP contribution in [0.4, 0.5) is 0 Å². The summed E-state index contributed by atoms with van der Waals surface area (Å²) in [7, 11) is 0. The molecule has 1 aliphatic rings. The van der Waals surface area contributed by atoms with Crippen molar-refractivity contribution < 1.29 is 14.3 Å². The first-order chi connectivity index (χ1) is 9.43. The van der Waals surface area contributed by atoms with E-state index in [0.29, 0.717) is 30.8 Å². The van der Waals surface area contributed by atoms with Crippen LogP contribution in [0.15, 0.2) is 6.07 Å². The predicted octanol–water partition coefficient (Wildman–Crippen LogP) is 1.36. The first kappa shape index (κ1) is 14.4. The van der Waals surface area contributed by atoms with Gasteiger partial charge in [-0.3, -0.25) is 4.79 Å². The Morgan fingerprint density at radius 3 is 2.90 bits per heavy atom. The molecule has 2 heterocycles. The number of esters is 1. The maximum atomic E-state index is 12.1. The minimum absolute atomic E-state index is 0.0760. The fourth-order valence-corrected chi connectivity index (χ4v) is 2.04. The highest BCUT2D eigenvalue weighted by atomic mass is 16.5.